The highest BCUT2D eigenvalue weighted by Gasteiger charge is 2.60. The van der Waals surface area contributed by atoms with Gasteiger partial charge in [0.1, 0.15) is 35.1 Å². The van der Waals surface area contributed by atoms with Crippen LogP contribution >= 0.6 is 11.8 Å². The van der Waals surface area contributed by atoms with Gasteiger partial charge in [0.05, 0.1) is 20.3 Å². The van der Waals surface area contributed by atoms with Crippen LogP contribution in [0.25, 0.3) is 0 Å². The monoisotopic (exact) mass is 570 g/mol. The zero-order valence-corrected chi connectivity index (χ0v) is 23.7. The Hall–Kier alpha value is -3.17. The molecule has 1 N–H and O–H groups in total. The topological polar surface area (TPSA) is 66.4 Å². The van der Waals surface area contributed by atoms with Gasteiger partial charge in [0, 0.05) is 16.9 Å². The average molecular weight is 571 g/mol. The number of thioether (sulfide) groups is 1. The Kier molecular flexibility index (Phi) is 8.72. The molecule has 2 aliphatic heterocycles. The van der Waals surface area contributed by atoms with E-state index in [0.717, 1.165) is 21.6 Å². The normalized spacial score (nSPS) is 27.6. The van der Waals surface area contributed by atoms with E-state index in [-0.39, 0.29) is 13.0 Å². The van der Waals surface area contributed by atoms with E-state index >= 15 is 0 Å². The number of rotatable bonds is 9. The lowest BCUT2D eigenvalue weighted by atomic mass is 9.79. The third-order valence-corrected chi connectivity index (χ3v) is 8.70. The molecule has 6 atom stereocenters. The average Bonchev–Trinajstić information content (AvgIpc) is 3.02. The van der Waals surface area contributed by atoms with Crippen molar-refractivity contribution in [2.75, 3.05) is 13.7 Å². The molecular formula is C34H34O6S. The van der Waals surface area contributed by atoms with Gasteiger partial charge in [-0.25, -0.2) is 0 Å². The summed E-state index contributed by atoms with van der Waals surface area (Å²) in [6, 6.07) is 37.5. The maximum atomic E-state index is 12.9. The maximum Gasteiger partial charge on any atom is 0.184 e. The van der Waals surface area contributed by atoms with Gasteiger partial charge in [-0.1, -0.05) is 109 Å². The van der Waals surface area contributed by atoms with E-state index in [4.69, 9.17) is 23.7 Å². The highest BCUT2D eigenvalue weighted by molar-refractivity contribution is 7.99. The number of ether oxygens (including phenoxy) is 5. The molecule has 0 bridgehead atoms. The smallest absolute Gasteiger partial charge is 0.184 e. The first-order valence-electron chi connectivity index (χ1n) is 13.8. The van der Waals surface area contributed by atoms with Gasteiger partial charge in [0.25, 0.3) is 0 Å². The van der Waals surface area contributed by atoms with Crippen LogP contribution in [0.2, 0.25) is 0 Å². The summed E-state index contributed by atoms with van der Waals surface area (Å²) in [6.07, 6.45) is -2.37. The fourth-order valence-electron chi connectivity index (χ4n) is 5.57. The molecule has 4 aromatic carbocycles. The Bertz CT molecular complexity index is 1390. The van der Waals surface area contributed by atoms with Gasteiger partial charge < -0.3 is 28.8 Å². The van der Waals surface area contributed by atoms with Crippen LogP contribution in [0.4, 0.5) is 0 Å². The molecule has 2 heterocycles. The van der Waals surface area contributed by atoms with Crippen LogP contribution in [-0.2, 0) is 32.0 Å². The first-order valence-corrected chi connectivity index (χ1v) is 14.7. The van der Waals surface area contributed by atoms with Gasteiger partial charge in [0.15, 0.2) is 6.29 Å². The largest absolute Gasteiger partial charge is 0.496 e. The van der Waals surface area contributed by atoms with E-state index in [1.165, 1.54) is 11.8 Å². The third kappa shape index (κ3) is 6.21. The van der Waals surface area contributed by atoms with Crippen LogP contribution in [0, 0.1) is 0 Å². The molecule has 2 aliphatic rings. The first-order chi connectivity index (χ1) is 20.1. The fourth-order valence-corrected chi connectivity index (χ4v) is 6.79. The zero-order valence-electron chi connectivity index (χ0n) is 22.9. The van der Waals surface area contributed by atoms with Crippen molar-refractivity contribution in [1.29, 1.82) is 0 Å². The SMILES string of the molecule is COc1ccccc1C[C@@]1(O)[C@H](OCc2ccccc2)[C@@H](Sc2ccccc2)O[C@@H]2COC(c3ccccc3)O[C@H]21. The second-order valence-corrected chi connectivity index (χ2v) is 11.5. The van der Waals surface area contributed by atoms with Crippen molar-refractivity contribution in [3.05, 3.63) is 132 Å². The number of methoxy groups -OCH3 is 1. The molecule has 0 spiro atoms. The van der Waals surface area contributed by atoms with E-state index in [1.54, 1.807) is 7.11 Å². The van der Waals surface area contributed by atoms with Gasteiger partial charge in [-0.15, -0.1) is 0 Å². The predicted molar refractivity (Wildman–Crippen MR) is 158 cm³/mol. The Morgan fingerprint density at radius 1 is 0.829 bits per heavy atom. The van der Waals surface area contributed by atoms with Crippen LogP contribution in [0.1, 0.15) is 23.0 Å². The Balaban J connectivity index is 1.40. The molecule has 0 aliphatic carbocycles. The summed E-state index contributed by atoms with van der Waals surface area (Å²) in [4.78, 5) is 1.02. The molecule has 1 unspecified atom stereocenters. The number of hydrogen-bond acceptors (Lipinski definition) is 7. The van der Waals surface area contributed by atoms with E-state index < -0.39 is 35.6 Å². The summed E-state index contributed by atoms with van der Waals surface area (Å²) in [6.45, 7) is 0.584. The molecule has 0 radical (unpaired) electrons. The molecule has 4 aromatic rings. The van der Waals surface area contributed by atoms with E-state index in [1.807, 2.05) is 115 Å². The molecule has 0 saturated carbocycles. The minimum absolute atomic E-state index is 0.244. The molecule has 2 fully saturated rings. The van der Waals surface area contributed by atoms with Gasteiger partial charge in [-0.3, -0.25) is 0 Å². The minimum atomic E-state index is -1.48. The van der Waals surface area contributed by atoms with Crippen molar-refractivity contribution in [3.63, 3.8) is 0 Å². The van der Waals surface area contributed by atoms with Gasteiger partial charge in [-0.2, -0.15) is 0 Å². The van der Waals surface area contributed by atoms with Crippen LogP contribution in [-0.4, -0.2) is 48.2 Å². The Morgan fingerprint density at radius 2 is 1.49 bits per heavy atom. The Morgan fingerprint density at radius 3 is 2.22 bits per heavy atom. The predicted octanol–water partition coefficient (Wildman–Crippen LogP) is 6.19. The lowest BCUT2D eigenvalue weighted by Crippen LogP contribution is -2.70. The quantitative estimate of drug-likeness (QED) is 0.258. The second kappa shape index (κ2) is 12.8. The fraction of sp³-hybridized carbons (Fsp3) is 0.294. The number of aliphatic hydroxyl groups is 1. The highest BCUT2D eigenvalue weighted by atomic mass is 32.2. The second-order valence-electron chi connectivity index (χ2n) is 10.3. The molecule has 212 valence electrons. The molecule has 2 saturated heterocycles. The van der Waals surface area contributed by atoms with Gasteiger partial charge in [-0.05, 0) is 29.3 Å². The minimum Gasteiger partial charge on any atom is -0.496 e. The lowest BCUT2D eigenvalue weighted by Gasteiger charge is -2.54. The van der Waals surface area contributed by atoms with Crippen molar-refractivity contribution in [2.45, 2.75) is 53.6 Å². The number of benzene rings is 4. The van der Waals surface area contributed by atoms with Crippen LogP contribution in [0.5, 0.6) is 5.75 Å². The summed E-state index contributed by atoms with van der Waals surface area (Å²) >= 11 is 1.53. The summed E-state index contributed by atoms with van der Waals surface area (Å²) < 4.78 is 31.7. The van der Waals surface area contributed by atoms with Crippen molar-refractivity contribution in [3.8, 4) is 5.75 Å². The van der Waals surface area contributed by atoms with Crippen LogP contribution in [0.3, 0.4) is 0 Å². The maximum absolute atomic E-state index is 12.9. The summed E-state index contributed by atoms with van der Waals surface area (Å²) in [7, 11) is 1.64. The lowest BCUT2D eigenvalue weighted by molar-refractivity contribution is -0.350. The van der Waals surface area contributed by atoms with Gasteiger partial charge in [0.2, 0.25) is 0 Å². The van der Waals surface area contributed by atoms with Crippen LogP contribution < -0.4 is 4.74 Å². The van der Waals surface area contributed by atoms with Crippen LogP contribution in [0.15, 0.2) is 120 Å². The zero-order chi connectivity index (χ0) is 28.1. The Labute approximate surface area is 245 Å². The number of hydrogen-bond donors (Lipinski definition) is 1. The van der Waals surface area contributed by atoms with Crippen molar-refractivity contribution in [1.82, 2.24) is 0 Å². The van der Waals surface area contributed by atoms with E-state index in [2.05, 4.69) is 0 Å². The number of para-hydroxylation sites is 1. The summed E-state index contributed by atoms with van der Waals surface area (Å²) in [5.74, 6) is 0.699. The van der Waals surface area contributed by atoms with Crippen molar-refractivity contribution >= 4 is 11.8 Å². The van der Waals surface area contributed by atoms with E-state index in [9.17, 15) is 5.11 Å². The summed E-state index contributed by atoms with van der Waals surface area (Å²) in [5.41, 5.74) is 0.750. The van der Waals surface area contributed by atoms with E-state index in [0.29, 0.717) is 12.4 Å². The molecule has 6 rings (SSSR count). The number of fused-ring (bicyclic) bond motifs is 1. The first kappa shape index (κ1) is 28.0. The summed E-state index contributed by atoms with van der Waals surface area (Å²) in [5, 5.41) is 12.9. The molecule has 0 amide bonds. The molecule has 41 heavy (non-hydrogen) atoms. The van der Waals surface area contributed by atoms with Crippen molar-refractivity contribution in [2.24, 2.45) is 0 Å². The van der Waals surface area contributed by atoms with Crippen molar-refractivity contribution < 1.29 is 28.8 Å². The van der Waals surface area contributed by atoms with Gasteiger partial charge >= 0.3 is 0 Å². The standard InChI is InChI=1S/C34H34O6S/c1-36-28-20-12-11-17-26(28)21-34(35)30-29(23-38-32(40-30)25-15-7-3-8-16-25)39-33(41-27-18-9-4-10-19-27)31(34)37-22-24-13-5-2-6-14-24/h2-20,29-33,35H,21-23H2,1H3/t29-,30-,31-,32?,33-,34+/m1/s1. The third-order valence-electron chi connectivity index (χ3n) is 7.57. The molecule has 6 nitrogen and oxygen atoms in total. The molecule has 7 heteroatoms. The molecule has 0 aromatic heterocycles. The highest BCUT2D eigenvalue weighted by Crippen LogP contribution is 2.46. The molecular weight excluding hydrogens is 536 g/mol.